The first-order valence-corrected chi connectivity index (χ1v) is 24.7. The number of nitrogens with one attached hydrogen (secondary N) is 8. The van der Waals surface area contributed by atoms with Crippen molar-refractivity contribution in [3.05, 3.63) is 144 Å². The van der Waals surface area contributed by atoms with Gasteiger partial charge in [0.05, 0.1) is 26.7 Å². The Kier molecular flexibility index (Phi) is 24.6. The van der Waals surface area contributed by atoms with Crippen molar-refractivity contribution < 1.29 is 52.6 Å². The van der Waals surface area contributed by atoms with Crippen LogP contribution in [-0.2, 0) is 73.5 Å². The zero-order valence-corrected chi connectivity index (χ0v) is 44.8. The number of hydrazine groups is 4. The minimum absolute atomic E-state index is 0.0426. The van der Waals surface area contributed by atoms with Gasteiger partial charge in [0.15, 0.2) is 0 Å². The Morgan fingerprint density at radius 3 is 0.896 bits per heavy atom. The average molecular weight is 1070 g/mol. The van der Waals surface area contributed by atoms with Gasteiger partial charge in [-0.05, 0) is 43.0 Å². The Balaban J connectivity index is 1.38. The number of hydrogen-bond donors (Lipinski definition) is 8. The number of benzene rings is 4. The summed E-state index contributed by atoms with van der Waals surface area (Å²) in [5.41, 5.74) is 12.6. The molecule has 77 heavy (non-hydrogen) atoms. The van der Waals surface area contributed by atoms with Crippen LogP contribution in [0.5, 0.6) is 0 Å². The van der Waals surface area contributed by atoms with Crippen molar-refractivity contribution in [2.45, 2.75) is 76.2 Å². The van der Waals surface area contributed by atoms with Crippen LogP contribution in [0.15, 0.2) is 121 Å². The molecule has 0 spiro atoms. The van der Waals surface area contributed by atoms with Crippen LogP contribution in [0.1, 0.15) is 43.0 Å². The number of carbonyl (C=O) groups excluding carboxylic acids is 9. The number of carbonyl (C=O) groups is 9. The zero-order chi connectivity index (χ0) is 56.5. The number of esters is 1. The molecule has 8 N–H and O–H groups in total. The highest BCUT2D eigenvalue weighted by molar-refractivity contribution is 5.91. The van der Waals surface area contributed by atoms with E-state index in [-0.39, 0.29) is 32.2 Å². The second-order valence-electron chi connectivity index (χ2n) is 19.2. The largest absolute Gasteiger partial charge is 0.468 e. The van der Waals surface area contributed by atoms with E-state index in [2.05, 4.69) is 47.7 Å². The molecule has 23 heteroatoms. The molecule has 8 amide bonds. The van der Waals surface area contributed by atoms with E-state index < -0.39 is 103 Å². The molecule has 0 heterocycles. The minimum Gasteiger partial charge on any atom is -0.468 e. The number of methoxy groups -OCH3 is 1. The van der Waals surface area contributed by atoms with E-state index in [0.717, 1.165) is 11.1 Å². The molecular formula is C54H72N12O11. The lowest BCUT2D eigenvalue weighted by Crippen LogP contribution is -2.58. The molecule has 0 aliphatic heterocycles. The Morgan fingerprint density at radius 1 is 0.403 bits per heavy atom. The van der Waals surface area contributed by atoms with Gasteiger partial charge in [-0.25, -0.2) is 24.8 Å². The van der Waals surface area contributed by atoms with Crippen molar-refractivity contribution in [1.29, 1.82) is 0 Å². The van der Waals surface area contributed by atoms with Gasteiger partial charge in [-0.3, -0.25) is 60.1 Å². The molecule has 0 aliphatic rings. The summed E-state index contributed by atoms with van der Waals surface area (Å²) in [6.07, 6.45) is -0.477. The van der Waals surface area contributed by atoms with Crippen LogP contribution >= 0.6 is 0 Å². The SMILES string of the molecule is COC(=O)CN(C)NC(=O)[C@H](Cc1ccccc1)NC(=O)CN(C)NC(=O)[C@H](Cc1ccccc1)NC(=O)CN(C)NC(=O)[C@H](Cc1ccccc1)NC(=O)CN(C)NC(=O)[C@H](Cc1ccccc1)NC(=O)OC(C)(C)C. The standard InChI is InChI=1S/C54H72N12O11/c1-54(2,3)77-53(75)58-44(32-40-27-19-12-20-28-40)52(74)61-65(6)35-47(69)56-42(30-38-23-15-10-16-24-38)50(72)59-63(4)33-45(67)55-41(29-37-21-13-9-14-22-37)49(71)60-64(5)34-46(68)57-43(31-39-25-17-11-18-26-39)51(73)62-66(7)36-48(70)76-8/h9-28,41-44H,29-36H2,1-8H3,(H,55,67)(H,56,69)(H,57,68)(H,58,75)(H,59,72)(H,60,71)(H,61,74)(H,62,73)/t41-,42-,43-,44-/m0/s1. The third-order valence-electron chi connectivity index (χ3n) is 11.0. The molecule has 0 saturated heterocycles. The van der Waals surface area contributed by atoms with Crippen molar-refractivity contribution in [3.8, 4) is 0 Å². The number of ether oxygens (including phenoxy) is 2. The lowest BCUT2D eigenvalue weighted by Gasteiger charge is -2.27. The first kappa shape index (κ1) is 61.3. The van der Waals surface area contributed by atoms with E-state index in [0.29, 0.717) is 11.1 Å². The number of amides is 8. The van der Waals surface area contributed by atoms with Crippen LogP contribution in [0.3, 0.4) is 0 Å². The topological polar surface area (TPSA) is 281 Å². The first-order chi connectivity index (χ1) is 36.5. The Labute approximate surface area is 449 Å². The van der Waals surface area contributed by atoms with Crippen LogP contribution in [0.2, 0.25) is 0 Å². The van der Waals surface area contributed by atoms with Gasteiger partial charge in [0, 0.05) is 53.9 Å². The van der Waals surface area contributed by atoms with Gasteiger partial charge < -0.3 is 30.7 Å². The summed E-state index contributed by atoms with van der Waals surface area (Å²) in [6, 6.07) is 31.3. The highest BCUT2D eigenvalue weighted by Crippen LogP contribution is 2.11. The molecule has 0 aromatic heterocycles. The van der Waals surface area contributed by atoms with Crippen molar-refractivity contribution in [1.82, 2.24) is 63.0 Å². The van der Waals surface area contributed by atoms with Crippen molar-refractivity contribution in [3.63, 3.8) is 0 Å². The lowest BCUT2D eigenvalue weighted by molar-refractivity contribution is -0.144. The van der Waals surface area contributed by atoms with Crippen molar-refractivity contribution in [2.75, 3.05) is 61.5 Å². The van der Waals surface area contributed by atoms with E-state index in [4.69, 9.17) is 4.74 Å². The smallest absolute Gasteiger partial charge is 0.408 e. The third kappa shape index (κ3) is 23.9. The van der Waals surface area contributed by atoms with Crippen LogP contribution in [0.4, 0.5) is 4.79 Å². The summed E-state index contributed by atoms with van der Waals surface area (Å²) < 4.78 is 10.1. The van der Waals surface area contributed by atoms with E-state index >= 15 is 0 Å². The Bertz CT molecular complexity index is 2570. The molecule has 0 unspecified atom stereocenters. The summed E-state index contributed by atoms with van der Waals surface area (Å²) >= 11 is 0. The molecule has 414 valence electrons. The molecule has 4 aromatic rings. The Hall–Kier alpha value is -8.25. The molecule has 23 nitrogen and oxygen atoms in total. The molecule has 0 bridgehead atoms. The minimum atomic E-state index is -1.18. The van der Waals surface area contributed by atoms with Gasteiger partial charge in [-0.1, -0.05) is 121 Å². The molecule has 0 saturated carbocycles. The second kappa shape index (κ2) is 31.0. The summed E-state index contributed by atoms with van der Waals surface area (Å²) in [4.78, 5) is 120. The summed E-state index contributed by atoms with van der Waals surface area (Å²) in [6.45, 7) is 3.59. The summed E-state index contributed by atoms with van der Waals surface area (Å²) in [7, 11) is 7.01. The number of likely N-dealkylation sites (N-methyl/N-ethyl adjacent to an activating group) is 4. The maximum absolute atomic E-state index is 13.9. The van der Waals surface area contributed by atoms with Crippen LogP contribution < -0.4 is 43.0 Å². The second-order valence-corrected chi connectivity index (χ2v) is 19.2. The van der Waals surface area contributed by atoms with Crippen LogP contribution in [-0.4, -0.2) is 165 Å². The van der Waals surface area contributed by atoms with E-state index in [1.54, 1.807) is 130 Å². The fourth-order valence-electron chi connectivity index (χ4n) is 7.53. The van der Waals surface area contributed by atoms with Gasteiger partial charge in [0.2, 0.25) is 17.7 Å². The number of nitrogens with zero attached hydrogens (tertiary/aromatic N) is 4. The molecule has 0 aliphatic carbocycles. The number of alkyl carbamates (subject to hydrolysis) is 1. The van der Waals surface area contributed by atoms with Crippen molar-refractivity contribution >= 4 is 53.4 Å². The molecule has 4 atom stereocenters. The predicted octanol–water partition coefficient (Wildman–Crippen LogP) is 0.330. The Morgan fingerprint density at radius 2 is 0.649 bits per heavy atom. The van der Waals surface area contributed by atoms with E-state index in [1.165, 1.54) is 55.3 Å². The molecule has 4 rings (SSSR count). The van der Waals surface area contributed by atoms with Gasteiger partial charge >= 0.3 is 12.1 Å². The normalized spacial score (nSPS) is 12.8. The molecule has 4 aromatic carbocycles. The van der Waals surface area contributed by atoms with Gasteiger partial charge in [0.25, 0.3) is 23.6 Å². The third-order valence-corrected chi connectivity index (χ3v) is 11.0. The average Bonchev–Trinajstić information content (AvgIpc) is 3.35. The predicted molar refractivity (Wildman–Crippen MR) is 285 cm³/mol. The maximum Gasteiger partial charge on any atom is 0.408 e. The summed E-state index contributed by atoms with van der Waals surface area (Å²) in [5.74, 6) is -5.09. The summed E-state index contributed by atoms with van der Waals surface area (Å²) in [5, 5.41) is 15.6. The van der Waals surface area contributed by atoms with Gasteiger partial charge in [0.1, 0.15) is 36.3 Å². The monoisotopic (exact) mass is 1060 g/mol. The highest BCUT2D eigenvalue weighted by atomic mass is 16.6. The fourth-order valence-corrected chi connectivity index (χ4v) is 7.53. The zero-order valence-electron chi connectivity index (χ0n) is 44.8. The highest BCUT2D eigenvalue weighted by Gasteiger charge is 2.30. The maximum atomic E-state index is 13.9. The lowest BCUT2D eigenvalue weighted by atomic mass is 10.1. The number of rotatable bonds is 28. The van der Waals surface area contributed by atoms with E-state index in [1.807, 2.05) is 12.1 Å². The first-order valence-electron chi connectivity index (χ1n) is 24.7. The molecule has 0 radical (unpaired) electrons. The fraction of sp³-hybridized carbons (Fsp3) is 0.389. The van der Waals surface area contributed by atoms with Gasteiger partial charge in [-0.2, -0.15) is 0 Å². The molecule has 0 fully saturated rings. The quantitative estimate of drug-likeness (QED) is 0.0281. The van der Waals surface area contributed by atoms with Crippen molar-refractivity contribution in [2.24, 2.45) is 0 Å². The molecular weight excluding hydrogens is 993 g/mol. The van der Waals surface area contributed by atoms with Gasteiger partial charge in [-0.15, -0.1) is 0 Å². The van der Waals surface area contributed by atoms with Crippen LogP contribution in [0.25, 0.3) is 0 Å². The number of hydrogen-bond acceptors (Lipinski definition) is 15. The van der Waals surface area contributed by atoms with E-state index in [9.17, 15) is 43.2 Å². The van der Waals surface area contributed by atoms with Crippen LogP contribution in [0, 0.1) is 0 Å².